The Labute approximate surface area is 192 Å². The molecule has 1 N–H and O–H groups in total. The molecule has 5 fully saturated rings. The Morgan fingerprint density at radius 2 is 1.84 bits per heavy atom. The van der Waals surface area contributed by atoms with Crippen molar-refractivity contribution in [3.8, 4) is 0 Å². The SMILES string of the molecule is CC[C@H](NC(=O)[C@H]1CCCN(S(=O)(=O)c2cnn(C)c2C)C1)C12CC3CC(CC(C3)C1)C2. The van der Waals surface area contributed by atoms with E-state index in [1.807, 2.05) is 0 Å². The fourth-order valence-electron chi connectivity index (χ4n) is 7.83. The fraction of sp³-hybridized carbons (Fsp3) is 0.833. The number of amides is 1. The Balaban J connectivity index is 1.29. The van der Waals surface area contributed by atoms with Gasteiger partial charge in [0.1, 0.15) is 4.90 Å². The topological polar surface area (TPSA) is 84.3 Å². The Bertz CT molecular complexity index is 950. The molecule has 6 rings (SSSR count). The molecule has 1 aromatic heterocycles. The van der Waals surface area contributed by atoms with Gasteiger partial charge in [-0.1, -0.05) is 6.92 Å². The molecule has 4 bridgehead atoms. The smallest absolute Gasteiger partial charge is 0.246 e. The summed E-state index contributed by atoms with van der Waals surface area (Å²) in [7, 11) is -1.89. The number of sulfonamides is 1. The summed E-state index contributed by atoms with van der Waals surface area (Å²) in [6, 6.07) is 0.218. The maximum atomic E-state index is 13.4. The predicted molar refractivity (Wildman–Crippen MR) is 122 cm³/mol. The number of nitrogens with zero attached hydrogens (tertiary/aromatic N) is 3. The van der Waals surface area contributed by atoms with E-state index < -0.39 is 10.0 Å². The van der Waals surface area contributed by atoms with Crippen LogP contribution in [0, 0.1) is 36.0 Å². The second-order valence-corrected chi connectivity index (χ2v) is 13.1. The first kappa shape index (κ1) is 22.4. The number of carbonyl (C=O) groups is 1. The van der Waals surface area contributed by atoms with E-state index in [0.29, 0.717) is 18.7 Å². The Morgan fingerprint density at radius 1 is 1.22 bits per heavy atom. The molecule has 0 unspecified atom stereocenters. The quantitative estimate of drug-likeness (QED) is 0.703. The lowest BCUT2D eigenvalue weighted by Gasteiger charge is -2.59. The molecule has 1 saturated heterocycles. The highest BCUT2D eigenvalue weighted by atomic mass is 32.2. The first-order valence-corrected chi connectivity index (χ1v) is 13.9. The van der Waals surface area contributed by atoms with Crippen LogP contribution in [-0.4, -0.2) is 47.5 Å². The number of carbonyl (C=O) groups excluding carboxylic acids is 1. The Hall–Kier alpha value is -1.41. The summed E-state index contributed by atoms with van der Waals surface area (Å²) in [4.78, 5) is 13.6. The lowest BCUT2D eigenvalue weighted by molar-refractivity contribution is -0.131. The lowest BCUT2D eigenvalue weighted by Crippen LogP contribution is -2.58. The molecule has 1 aromatic rings. The van der Waals surface area contributed by atoms with Crippen molar-refractivity contribution in [1.82, 2.24) is 19.4 Å². The molecule has 32 heavy (non-hydrogen) atoms. The summed E-state index contributed by atoms with van der Waals surface area (Å²) in [6.45, 7) is 4.70. The van der Waals surface area contributed by atoms with Crippen LogP contribution >= 0.6 is 0 Å². The zero-order chi connectivity index (χ0) is 22.7. The molecule has 178 valence electrons. The molecular formula is C24H38N4O3S. The van der Waals surface area contributed by atoms with E-state index in [1.54, 1.807) is 18.7 Å². The first-order valence-electron chi connectivity index (χ1n) is 12.5. The number of hydrogen-bond acceptors (Lipinski definition) is 4. The summed E-state index contributed by atoms with van der Waals surface area (Å²) in [5.41, 5.74) is 0.899. The van der Waals surface area contributed by atoms with Crippen molar-refractivity contribution in [2.75, 3.05) is 13.1 Å². The molecule has 5 aliphatic rings. The van der Waals surface area contributed by atoms with Gasteiger partial charge in [-0.3, -0.25) is 9.48 Å². The number of nitrogens with one attached hydrogen (secondary N) is 1. The van der Waals surface area contributed by atoms with Gasteiger partial charge >= 0.3 is 0 Å². The molecule has 0 radical (unpaired) electrons. The first-order chi connectivity index (χ1) is 15.2. The second kappa shape index (κ2) is 8.12. The highest BCUT2D eigenvalue weighted by molar-refractivity contribution is 7.89. The highest BCUT2D eigenvalue weighted by Gasteiger charge is 2.54. The summed E-state index contributed by atoms with van der Waals surface area (Å²) >= 11 is 0. The van der Waals surface area contributed by atoms with Crippen LogP contribution in [-0.2, 0) is 21.9 Å². The second-order valence-electron chi connectivity index (χ2n) is 11.2. The van der Waals surface area contributed by atoms with Crippen LogP contribution < -0.4 is 5.32 Å². The normalized spacial score (nSPS) is 35.7. The van der Waals surface area contributed by atoms with E-state index in [9.17, 15) is 13.2 Å². The van der Waals surface area contributed by atoms with Crippen LogP contribution in [0.5, 0.6) is 0 Å². The fourth-order valence-corrected chi connectivity index (χ4v) is 9.54. The molecule has 0 spiro atoms. The number of piperidine rings is 1. The number of hydrogen-bond donors (Lipinski definition) is 1. The van der Waals surface area contributed by atoms with Crippen molar-refractivity contribution in [3.63, 3.8) is 0 Å². The molecule has 2 heterocycles. The Kier molecular flexibility index (Phi) is 5.68. The molecule has 7 nitrogen and oxygen atoms in total. The van der Waals surface area contributed by atoms with E-state index >= 15 is 0 Å². The predicted octanol–water partition coefficient (Wildman–Crippen LogP) is 3.24. The van der Waals surface area contributed by atoms with Crippen LogP contribution in [0.2, 0.25) is 0 Å². The number of aromatic nitrogens is 2. The highest BCUT2D eigenvalue weighted by Crippen LogP contribution is 2.61. The molecule has 4 aliphatic carbocycles. The average Bonchev–Trinajstić information content (AvgIpc) is 3.10. The third kappa shape index (κ3) is 3.71. The van der Waals surface area contributed by atoms with Crippen molar-refractivity contribution in [2.24, 2.45) is 36.1 Å². The van der Waals surface area contributed by atoms with Crippen molar-refractivity contribution in [2.45, 2.75) is 82.6 Å². The van der Waals surface area contributed by atoms with Crippen molar-refractivity contribution in [3.05, 3.63) is 11.9 Å². The van der Waals surface area contributed by atoms with Crippen LogP contribution in [0.4, 0.5) is 0 Å². The molecule has 1 amide bonds. The van der Waals surface area contributed by atoms with E-state index in [2.05, 4.69) is 17.3 Å². The zero-order valence-electron chi connectivity index (χ0n) is 19.7. The summed E-state index contributed by atoms with van der Waals surface area (Å²) < 4.78 is 29.6. The van der Waals surface area contributed by atoms with Gasteiger partial charge in [0.15, 0.2) is 0 Å². The molecular weight excluding hydrogens is 424 g/mol. The third-order valence-electron chi connectivity index (χ3n) is 9.11. The maximum absolute atomic E-state index is 13.4. The molecule has 8 heteroatoms. The van der Waals surface area contributed by atoms with Crippen molar-refractivity contribution < 1.29 is 13.2 Å². The van der Waals surface area contributed by atoms with Gasteiger partial charge in [-0.25, -0.2) is 8.42 Å². The number of rotatable bonds is 6. The van der Waals surface area contributed by atoms with Gasteiger partial charge in [0.05, 0.1) is 17.8 Å². The summed E-state index contributed by atoms with van der Waals surface area (Å²) in [5.74, 6) is 2.33. The van der Waals surface area contributed by atoms with Crippen LogP contribution in [0.3, 0.4) is 0 Å². The molecule has 1 aliphatic heterocycles. The van der Waals surface area contributed by atoms with E-state index in [-0.39, 0.29) is 34.7 Å². The minimum absolute atomic E-state index is 0.0513. The van der Waals surface area contributed by atoms with Crippen molar-refractivity contribution >= 4 is 15.9 Å². The largest absolute Gasteiger partial charge is 0.353 e. The van der Waals surface area contributed by atoms with E-state index in [0.717, 1.165) is 30.6 Å². The van der Waals surface area contributed by atoms with E-state index in [4.69, 9.17) is 0 Å². The van der Waals surface area contributed by atoms with Crippen LogP contribution in [0.1, 0.15) is 70.4 Å². The minimum Gasteiger partial charge on any atom is -0.353 e. The zero-order valence-corrected chi connectivity index (χ0v) is 20.5. The van der Waals surface area contributed by atoms with Crippen molar-refractivity contribution in [1.29, 1.82) is 0 Å². The van der Waals surface area contributed by atoms with Crippen LogP contribution in [0.15, 0.2) is 11.1 Å². The minimum atomic E-state index is -3.64. The number of aryl methyl sites for hydroxylation is 1. The summed E-state index contributed by atoms with van der Waals surface area (Å²) in [5, 5.41) is 7.55. The summed E-state index contributed by atoms with van der Waals surface area (Å²) in [6.07, 6.45) is 11.8. The third-order valence-corrected chi connectivity index (χ3v) is 11.1. The monoisotopic (exact) mass is 462 g/mol. The van der Waals surface area contributed by atoms with Gasteiger partial charge in [0.2, 0.25) is 15.9 Å². The van der Waals surface area contributed by atoms with Gasteiger partial charge in [-0.05, 0) is 87.9 Å². The Morgan fingerprint density at radius 3 is 2.38 bits per heavy atom. The lowest BCUT2D eigenvalue weighted by atomic mass is 9.47. The maximum Gasteiger partial charge on any atom is 0.246 e. The molecule has 0 aromatic carbocycles. The van der Waals surface area contributed by atoms with Gasteiger partial charge in [-0.2, -0.15) is 9.40 Å². The van der Waals surface area contributed by atoms with Gasteiger partial charge < -0.3 is 5.32 Å². The van der Waals surface area contributed by atoms with Crippen LogP contribution in [0.25, 0.3) is 0 Å². The molecule has 2 atom stereocenters. The standard InChI is InChI=1S/C24H38N4O3S/c1-4-22(24-11-17-8-18(12-24)10-19(9-17)13-24)26-23(29)20-6-5-7-28(15-20)32(30,31)21-14-25-27(3)16(21)2/h14,17-20,22H,4-13,15H2,1-3H3,(H,26,29)/t17?,18?,19?,20-,22-,24?/m0/s1. The van der Waals surface area contributed by atoms with Gasteiger partial charge in [0.25, 0.3) is 0 Å². The molecule has 4 saturated carbocycles. The van der Waals surface area contributed by atoms with Gasteiger partial charge in [0, 0.05) is 26.2 Å². The van der Waals surface area contributed by atoms with E-state index in [1.165, 1.54) is 49.0 Å². The average molecular weight is 463 g/mol. The van der Waals surface area contributed by atoms with Gasteiger partial charge in [-0.15, -0.1) is 0 Å².